The van der Waals surface area contributed by atoms with E-state index in [2.05, 4.69) is 51.7 Å². The lowest BCUT2D eigenvalue weighted by atomic mass is 10.1. The summed E-state index contributed by atoms with van der Waals surface area (Å²) >= 11 is 0. The average molecular weight is 385 g/mol. The SMILES string of the molecule is CN=C(NCc1cccc(OCCN(C)C)c1)NCc1ccc(C)cc1OC. The minimum Gasteiger partial charge on any atom is -0.496 e. The Morgan fingerprint density at radius 2 is 1.86 bits per heavy atom. The number of aryl methyl sites for hydroxylation is 1. The molecule has 0 aliphatic carbocycles. The minimum atomic E-state index is 0.636. The first-order valence-corrected chi connectivity index (χ1v) is 9.46. The molecule has 0 atom stereocenters. The van der Waals surface area contributed by atoms with Gasteiger partial charge in [0.05, 0.1) is 7.11 Å². The number of benzene rings is 2. The van der Waals surface area contributed by atoms with Crippen molar-refractivity contribution in [3.05, 3.63) is 59.2 Å². The highest BCUT2D eigenvalue weighted by molar-refractivity contribution is 5.79. The second-order valence-electron chi connectivity index (χ2n) is 6.89. The predicted octanol–water partition coefficient (Wildman–Crippen LogP) is 2.81. The summed E-state index contributed by atoms with van der Waals surface area (Å²) in [6, 6.07) is 14.3. The van der Waals surface area contributed by atoms with Gasteiger partial charge in [0.25, 0.3) is 0 Å². The number of aliphatic imine (C=N–C) groups is 1. The molecule has 2 aromatic rings. The van der Waals surface area contributed by atoms with Crippen LogP contribution in [0.4, 0.5) is 0 Å². The number of rotatable bonds is 9. The molecule has 0 amide bonds. The number of likely N-dealkylation sites (N-methyl/N-ethyl adjacent to an activating group) is 1. The van der Waals surface area contributed by atoms with E-state index < -0.39 is 0 Å². The summed E-state index contributed by atoms with van der Waals surface area (Å²) in [7, 11) is 7.53. The molecule has 0 fully saturated rings. The van der Waals surface area contributed by atoms with Crippen LogP contribution >= 0.6 is 0 Å². The molecule has 2 N–H and O–H groups in total. The quantitative estimate of drug-likeness (QED) is 0.514. The molecule has 0 unspecified atom stereocenters. The molecule has 6 nitrogen and oxygen atoms in total. The number of guanidine groups is 1. The Morgan fingerprint density at radius 1 is 1.07 bits per heavy atom. The monoisotopic (exact) mass is 384 g/mol. The van der Waals surface area contributed by atoms with Gasteiger partial charge in [0.2, 0.25) is 0 Å². The Hall–Kier alpha value is -2.73. The van der Waals surface area contributed by atoms with Gasteiger partial charge in [-0.1, -0.05) is 24.3 Å². The largest absolute Gasteiger partial charge is 0.496 e. The zero-order chi connectivity index (χ0) is 20.4. The molecule has 0 bridgehead atoms. The molecular formula is C22H32N4O2. The lowest BCUT2D eigenvalue weighted by Crippen LogP contribution is -2.36. The van der Waals surface area contributed by atoms with Gasteiger partial charge in [-0.2, -0.15) is 0 Å². The van der Waals surface area contributed by atoms with E-state index in [-0.39, 0.29) is 0 Å². The van der Waals surface area contributed by atoms with Crippen LogP contribution in [-0.2, 0) is 13.1 Å². The Morgan fingerprint density at radius 3 is 2.57 bits per heavy atom. The molecule has 0 spiro atoms. The van der Waals surface area contributed by atoms with Crippen molar-refractivity contribution in [1.29, 1.82) is 0 Å². The summed E-state index contributed by atoms with van der Waals surface area (Å²) in [5.74, 6) is 2.50. The van der Waals surface area contributed by atoms with Crippen molar-refractivity contribution >= 4 is 5.96 Å². The number of nitrogens with zero attached hydrogens (tertiary/aromatic N) is 2. The highest BCUT2D eigenvalue weighted by atomic mass is 16.5. The van der Waals surface area contributed by atoms with Gasteiger partial charge >= 0.3 is 0 Å². The van der Waals surface area contributed by atoms with Gasteiger partial charge in [-0.25, -0.2) is 0 Å². The maximum atomic E-state index is 5.80. The van der Waals surface area contributed by atoms with Crippen molar-refractivity contribution in [3.63, 3.8) is 0 Å². The first kappa shape index (κ1) is 21.6. The van der Waals surface area contributed by atoms with Gasteiger partial charge in [-0.05, 0) is 50.3 Å². The fourth-order valence-corrected chi connectivity index (χ4v) is 2.67. The van der Waals surface area contributed by atoms with E-state index in [1.54, 1.807) is 14.2 Å². The van der Waals surface area contributed by atoms with Crippen molar-refractivity contribution in [2.45, 2.75) is 20.0 Å². The summed E-state index contributed by atoms with van der Waals surface area (Å²) in [5.41, 5.74) is 3.40. The van der Waals surface area contributed by atoms with Gasteiger partial charge in [-0.3, -0.25) is 4.99 Å². The van der Waals surface area contributed by atoms with Gasteiger partial charge in [0.1, 0.15) is 18.1 Å². The molecule has 2 rings (SSSR count). The van der Waals surface area contributed by atoms with Crippen LogP contribution in [0.5, 0.6) is 11.5 Å². The van der Waals surface area contributed by atoms with E-state index in [0.29, 0.717) is 19.7 Å². The van der Waals surface area contributed by atoms with Crippen molar-refractivity contribution in [3.8, 4) is 11.5 Å². The van der Waals surface area contributed by atoms with Gasteiger partial charge < -0.3 is 25.0 Å². The lowest BCUT2D eigenvalue weighted by molar-refractivity contribution is 0.261. The molecule has 152 valence electrons. The van der Waals surface area contributed by atoms with Crippen LogP contribution in [0.25, 0.3) is 0 Å². The van der Waals surface area contributed by atoms with Crippen LogP contribution in [0.3, 0.4) is 0 Å². The average Bonchev–Trinajstić information content (AvgIpc) is 2.69. The Kier molecular flexibility index (Phi) is 8.62. The number of ether oxygens (including phenoxy) is 2. The summed E-state index contributed by atoms with van der Waals surface area (Å²) < 4.78 is 11.3. The number of methoxy groups -OCH3 is 1. The maximum Gasteiger partial charge on any atom is 0.191 e. The maximum absolute atomic E-state index is 5.80. The Balaban J connectivity index is 1.87. The molecule has 0 saturated heterocycles. The third-order valence-electron chi connectivity index (χ3n) is 4.28. The zero-order valence-corrected chi connectivity index (χ0v) is 17.6. The van der Waals surface area contributed by atoms with E-state index in [4.69, 9.17) is 9.47 Å². The fourth-order valence-electron chi connectivity index (χ4n) is 2.67. The highest BCUT2D eigenvalue weighted by Crippen LogP contribution is 2.19. The first-order valence-electron chi connectivity index (χ1n) is 9.46. The fraction of sp³-hybridized carbons (Fsp3) is 0.409. The summed E-state index contributed by atoms with van der Waals surface area (Å²) in [6.45, 7) is 4.91. The van der Waals surface area contributed by atoms with E-state index >= 15 is 0 Å². The molecule has 6 heteroatoms. The molecule has 0 aliphatic rings. The number of hydrogen-bond acceptors (Lipinski definition) is 4. The molecule has 0 radical (unpaired) electrons. The van der Waals surface area contributed by atoms with Crippen LogP contribution in [0, 0.1) is 6.92 Å². The van der Waals surface area contributed by atoms with E-state index in [0.717, 1.165) is 35.1 Å². The van der Waals surface area contributed by atoms with Crippen molar-refractivity contribution in [2.24, 2.45) is 4.99 Å². The van der Waals surface area contributed by atoms with Crippen molar-refractivity contribution < 1.29 is 9.47 Å². The van der Waals surface area contributed by atoms with Crippen LogP contribution < -0.4 is 20.1 Å². The molecular weight excluding hydrogens is 352 g/mol. The van der Waals surface area contributed by atoms with E-state index in [1.807, 2.05) is 32.3 Å². The molecule has 0 aliphatic heterocycles. The van der Waals surface area contributed by atoms with Crippen molar-refractivity contribution in [2.75, 3.05) is 41.4 Å². The topological polar surface area (TPSA) is 58.1 Å². The molecule has 2 aromatic carbocycles. The van der Waals surface area contributed by atoms with Gasteiger partial charge in [0, 0.05) is 32.2 Å². The standard InChI is InChI=1S/C22H32N4O2/c1-17-9-10-19(21(13-17)27-5)16-25-22(23-2)24-15-18-7-6-8-20(14-18)28-12-11-26(3)4/h6-10,13-14H,11-12,15-16H2,1-5H3,(H2,23,24,25). The minimum absolute atomic E-state index is 0.636. The van der Waals surface area contributed by atoms with Gasteiger partial charge in [-0.15, -0.1) is 0 Å². The second kappa shape index (κ2) is 11.2. The zero-order valence-electron chi connectivity index (χ0n) is 17.6. The van der Waals surface area contributed by atoms with Crippen LogP contribution in [-0.4, -0.2) is 52.3 Å². The summed E-state index contributed by atoms with van der Waals surface area (Å²) in [4.78, 5) is 6.40. The Bertz CT molecular complexity index is 775. The summed E-state index contributed by atoms with van der Waals surface area (Å²) in [6.07, 6.45) is 0. The van der Waals surface area contributed by atoms with E-state index in [1.165, 1.54) is 5.56 Å². The summed E-state index contributed by atoms with van der Waals surface area (Å²) in [5, 5.41) is 6.67. The van der Waals surface area contributed by atoms with Crippen molar-refractivity contribution in [1.82, 2.24) is 15.5 Å². The van der Waals surface area contributed by atoms with Crippen LogP contribution in [0.15, 0.2) is 47.5 Å². The third kappa shape index (κ3) is 7.12. The molecule has 0 aromatic heterocycles. The van der Waals surface area contributed by atoms with E-state index in [9.17, 15) is 0 Å². The molecule has 0 saturated carbocycles. The second-order valence-corrected chi connectivity index (χ2v) is 6.89. The Labute approximate surface area is 168 Å². The molecule has 0 heterocycles. The third-order valence-corrected chi connectivity index (χ3v) is 4.28. The van der Waals surface area contributed by atoms with Crippen LogP contribution in [0.2, 0.25) is 0 Å². The normalized spacial score (nSPS) is 11.4. The number of hydrogen-bond donors (Lipinski definition) is 2. The van der Waals surface area contributed by atoms with Gasteiger partial charge in [0.15, 0.2) is 5.96 Å². The number of nitrogens with one attached hydrogen (secondary N) is 2. The molecule has 28 heavy (non-hydrogen) atoms. The lowest BCUT2D eigenvalue weighted by Gasteiger charge is -2.15. The smallest absolute Gasteiger partial charge is 0.191 e. The first-order chi connectivity index (χ1) is 13.5. The highest BCUT2D eigenvalue weighted by Gasteiger charge is 2.05. The predicted molar refractivity (Wildman–Crippen MR) is 115 cm³/mol. The van der Waals surface area contributed by atoms with Crippen LogP contribution in [0.1, 0.15) is 16.7 Å².